The second-order valence-corrected chi connectivity index (χ2v) is 5.58. The lowest BCUT2D eigenvalue weighted by Gasteiger charge is -2.19. The van der Waals surface area contributed by atoms with E-state index in [4.69, 9.17) is 10.5 Å². The smallest absolute Gasteiger partial charge is 0.404 e. The van der Waals surface area contributed by atoms with E-state index in [1.165, 1.54) is 70.6 Å². The zero-order valence-corrected chi connectivity index (χ0v) is 12.2. The van der Waals surface area contributed by atoms with Crippen LogP contribution in [0.25, 0.3) is 0 Å². The molecule has 0 radical (unpaired) electrons. The molecule has 1 aliphatic carbocycles. The highest BCUT2D eigenvalue weighted by atomic mass is 16.5. The van der Waals surface area contributed by atoms with Crippen LogP contribution in [0.15, 0.2) is 0 Å². The van der Waals surface area contributed by atoms with Crippen LogP contribution < -0.4 is 11.1 Å². The summed E-state index contributed by atoms with van der Waals surface area (Å²) >= 11 is 0. The maximum Gasteiger partial charge on any atom is 0.404 e. The molecule has 0 unspecified atom stereocenters. The van der Waals surface area contributed by atoms with Gasteiger partial charge in [-0.05, 0) is 12.8 Å². The Balaban J connectivity index is 2.16. The molecule has 4 heteroatoms. The number of ether oxygens (including phenoxy) is 1. The average molecular weight is 270 g/mol. The van der Waals surface area contributed by atoms with Crippen molar-refractivity contribution in [1.82, 2.24) is 5.32 Å². The number of carbonyl (C=O) groups excluding carboxylic acids is 1. The third-order valence-electron chi connectivity index (χ3n) is 3.88. The van der Waals surface area contributed by atoms with Gasteiger partial charge in [0.1, 0.15) is 6.61 Å². The average Bonchev–Trinajstić information content (AvgIpc) is 2.36. The Morgan fingerprint density at radius 1 is 0.947 bits per heavy atom. The van der Waals surface area contributed by atoms with Gasteiger partial charge in [0.2, 0.25) is 0 Å². The molecule has 0 heterocycles. The molecule has 3 N–H and O–H groups in total. The Morgan fingerprint density at radius 3 is 1.89 bits per heavy atom. The minimum absolute atomic E-state index is 0.381. The van der Waals surface area contributed by atoms with Gasteiger partial charge in [0.15, 0.2) is 0 Å². The van der Waals surface area contributed by atoms with Crippen LogP contribution >= 0.6 is 0 Å². The molecule has 1 rings (SSSR count). The summed E-state index contributed by atoms with van der Waals surface area (Å²) in [6.07, 6.45) is 14.2. The summed E-state index contributed by atoms with van der Waals surface area (Å²) in [7, 11) is 0. The van der Waals surface area contributed by atoms with Crippen molar-refractivity contribution in [2.24, 2.45) is 5.73 Å². The van der Waals surface area contributed by atoms with Crippen molar-refractivity contribution in [2.75, 3.05) is 13.2 Å². The van der Waals surface area contributed by atoms with Crippen molar-refractivity contribution >= 4 is 6.09 Å². The predicted molar refractivity (Wildman–Crippen MR) is 78.1 cm³/mol. The third kappa shape index (κ3) is 9.77. The number of amides is 1. The van der Waals surface area contributed by atoms with Crippen LogP contribution in [0.3, 0.4) is 0 Å². The molecule has 0 atom stereocenters. The van der Waals surface area contributed by atoms with E-state index in [2.05, 4.69) is 5.32 Å². The van der Waals surface area contributed by atoms with Gasteiger partial charge in [-0.2, -0.15) is 0 Å². The second kappa shape index (κ2) is 11.1. The molecule has 0 bridgehead atoms. The van der Waals surface area contributed by atoms with E-state index < -0.39 is 6.09 Å². The summed E-state index contributed by atoms with van der Waals surface area (Å²) in [5.41, 5.74) is 4.94. The van der Waals surface area contributed by atoms with Crippen LogP contribution in [0.1, 0.15) is 70.6 Å². The molecule has 1 aliphatic rings. The van der Waals surface area contributed by atoms with Crippen LogP contribution in [-0.2, 0) is 4.74 Å². The third-order valence-corrected chi connectivity index (χ3v) is 3.88. The van der Waals surface area contributed by atoms with Crippen LogP contribution in [0.4, 0.5) is 4.79 Å². The second-order valence-electron chi connectivity index (χ2n) is 5.58. The van der Waals surface area contributed by atoms with Gasteiger partial charge in [-0.1, -0.05) is 57.8 Å². The van der Waals surface area contributed by atoms with Gasteiger partial charge in [-0.3, -0.25) is 0 Å². The molecular formula is C15H30N2O2. The first kappa shape index (κ1) is 16.3. The van der Waals surface area contributed by atoms with Crippen molar-refractivity contribution in [2.45, 2.75) is 76.7 Å². The van der Waals surface area contributed by atoms with Crippen molar-refractivity contribution in [3.8, 4) is 0 Å². The van der Waals surface area contributed by atoms with Gasteiger partial charge in [0.25, 0.3) is 0 Å². The molecule has 0 aliphatic heterocycles. The molecule has 1 saturated carbocycles. The molecule has 19 heavy (non-hydrogen) atoms. The summed E-state index contributed by atoms with van der Waals surface area (Å²) < 4.78 is 4.75. The maximum absolute atomic E-state index is 10.5. The van der Waals surface area contributed by atoms with Crippen LogP contribution in [0, 0.1) is 0 Å². The van der Waals surface area contributed by atoms with E-state index >= 15 is 0 Å². The van der Waals surface area contributed by atoms with E-state index in [1.54, 1.807) is 0 Å². The summed E-state index contributed by atoms with van der Waals surface area (Å²) in [6, 6.07) is 0.580. The lowest BCUT2D eigenvalue weighted by atomic mass is 9.98. The van der Waals surface area contributed by atoms with Crippen molar-refractivity contribution in [3.05, 3.63) is 0 Å². The summed E-state index contributed by atoms with van der Waals surface area (Å²) in [5, 5.41) is 3.50. The minimum Gasteiger partial charge on any atom is -0.448 e. The first-order chi connectivity index (χ1) is 9.29. The summed E-state index contributed by atoms with van der Waals surface area (Å²) in [6.45, 7) is 1.10. The molecule has 0 aromatic heterocycles. The monoisotopic (exact) mass is 270 g/mol. The Labute approximate surface area is 117 Å². The number of nitrogens with one attached hydrogen (secondary N) is 1. The highest BCUT2D eigenvalue weighted by Crippen LogP contribution is 2.16. The van der Waals surface area contributed by atoms with Crippen LogP contribution in [-0.4, -0.2) is 25.3 Å². The van der Waals surface area contributed by atoms with E-state index in [9.17, 15) is 4.79 Å². The fraction of sp³-hybridized carbons (Fsp3) is 0.933. The van der Waals surface area contributed by atoms with Crippen molar-refractivity contribution < 1.29 is 9.53 Å². The number of hydrogen-bond donors (Lipinski definition) is 2. The number of nitrogens with two attached hydrogens (primary N) is 1. The molecule has 0 aromatic carbocycles. The Hall–Kier alpha value is -0.770. The Kier molecular flexibility index (Phi) is 9.51. The van der Waals surface area contributed by atoms with E-state index in [1.807, 2.05) is 0 Å². The van der Waals surface area contributed by atoms with Crippen LogP contribution in [0.2, 0.25) is 0 Å². The first-order valence-electron chi connectivity index (χ1n) is 7.94. The quantitative estimate of drug-likeness (QED) is 0.770. The van der Waals surface area contributed by atoms with Gasteiger partial charge in [-0.25, -0.2) is 4.79 Å². The van der Waals surface area contributed by atoms with Gasteiger partial charge in [-0.15, -0.1) is 0 Å². The lowest BCUT2D eigenvalue weighted by molar-refractivity contribution is 0.155. The summed E-state index contributed by atoms with van der Waals surface area (Å²) in [5.74, 6) is 0. The van der Waals surface area contributed by atoms with E-state index in [0.29, 0.717) is 19.2 Å². The first-order valence-corrected chi connectivity index (χ1v) is 7.94. The fourth-order valence-corrected chi connectivity index (χ4v) is 2.78. The highest BCUT2D eigenvalue weighted by molar-refractivity contribution is 5.64. The standard InChI is InChI=1S/C15H30N2O2/c16-15(18)19-13-12-17-14-10-8-6-4-2-1-3-5-7-9-11-14/h14,17H,1-13H2,(H2,16,18). The molecule has 1 fully saturated rings. The topological polar surface area (TPSA) is 64.4 Å². The van der Waals surface area contributed by atoms with Gasteiger partial charge in [0, 0.05) is 12.6 Å². The fourth-order valence-electron chi connectivity index (χ4n) is 2.78. The Morgan fingerprint density at radius 2 is 1.42 bits per heavy atom. The number of rotatable bonds is 4. The molecule has 0 spiro atoms. The van der Waals surface area contributed by atoms with Crippen LogP contribution in [0.5, 0.6) is 0 Å². The number of carbonyl (C=O) groups is 1. The zero-order valence-electron chi connectivity index (χ0n) is 12.2. The maximum atomic E-state index is 10.5. The molecular weight excluding hydrogens is 240 g/mol. The van der Waals surface area contributed by atoms with Gasteiger partial charge in [0.05, 0.1) is 0 Å². The largest absolute Gasteiger partial charge is 0.448 e. The predicted octanol–water partition coefficient (Wildman–Crippen LogP) is 3.34. The summed E-state index contributed by atoms with van der Waals surface area (Å²) in [4.78, 5) is 10.5. The molecule has 1 amide bonds. The van der Waals surface area contributed by atoms with E-state index in [0.717, 1.165) is 0 Å². The minimum atomic E-state index is -0.680. The highest BCUT2D eigenvalue weighted by Gasteiger charge is 2.08. The van der Waals surface area contributed by atoms with E-state index in [-0.39, 0.29) is 0 Å². The molecule has 0 saturated heterocycles. The van der Waals surface area contributed by atoms with Crippen molar-refractivity contribution in [1.29, 1.82) is 0 Å². The number of primary amides is 1. The molecule has 0 aromatic rings. The van der Waals surface area contributed by atoms with Gasteiger partial charge >= 0.3 is 6.09 Å². The number of hydrogen-bond acceptors (Lipinski definition) is 3. The molecule has 112 valence electrons. The zero-order chi connectivity index (χ0) is 13.8. The SMILES string of the molecule is NC(=O)OCCNC1CCCCCCCCCCC1. The normalized spacial score (nSPS) is 20.2. The van der Waals surface area contributed by atoms with Gasteiger partial charge < -0.3 is 15.8 Å². The molecule has 4 nitrogen and oxygen atoms in total. The Bertz CT molecular complexity index is 222. The van der Waals surface area contributed by atoms with Crippen molar-refractivity contribution in [3.63, 3.8) is 0 Å². The lowest BCUT2D eigenvalue weighted by Crippen LogP contribution is -2.33.